The summed E-state index contributed by atoms with van der Waals surface area (Å²) >= 11 is 0. The molecule has 0 bridgehead atoms. The van der Waals surface area contributed by atoms with Gasteiger partial charge in [-0.05, 0) is 61.1 Å². The van der Waals surface area contributed by atoms with Crippen LogP contribution in [0.4, 0.5) is 4.79 Å². The molecule has 0 spiro atoms. The van der Waals surface area contributed by atoms with E-state index in [0.717, 1.165) is 56.6 Å². The van der Waals surface area contributed by atoms with E-state index in [1.165, 1.54) is 24.0 Å². The smallest absolute Gasteiger partial charge is 0.315 e. The molecule has 0 radical (unpaired) electrons. The molecule has 30 heavy (non-hydrogen) atoms. The lowest BCUT2D eigenvalue weighted by atomic mass is 10.0. The Labute approximate surface area is 179 Å². The van der Waals surface area contributed by atoms with Crippen molar-refractivity contribution in [2.24, 2.45) is 0 Å². The molecule has 1 saturated heterocycles. The minimum atomic E-state index is 0.0105. The molecule has 4 rings (SSSR count). The minimum absolute atomic E-state index is 0.0105. The molecule has 2 amide bonds. The van der Waals surface area contributed by atoms with Crippen molar-refractivity contribution < 1.29 is 9.53 Å². The highest BCUT2D eigenvalue weighted by Gasteiger charge is 2.23. The summed E-state index contributed by atoms with van der Waals surface area (Å²) in [4.78, 5) is 14.7. The Morgan fingerprint density at radius 3 is 2.47 bits per heavy atom. The Balaban J connectivity index is 1.29. The number of urea groups is 1. The van der Waals surface area contributed by atoms with Crippen LogP contribution in [0.5, 0.6) is 5.75 Å². The van der Waals surface area contributed by atoms with Gasteiger partial charge in [0.1, 0.15) is 5.75 Å². The fourth-order valence-electron chi connectivity index (χ4n) is 4.66. The lowest BCUT2D eigenvalue weighted by molar-refractivity contribution is 0.179. The highest BCUT2D eigenvalue weighted by atomic mass is 16.5. The zero-order chi connectivity index (χ0) is 20.8. The van der Waals surface area contributed by atoms with Gasteiger partial charge in [0.05, 0.1) is 7.11 Å². The predicted molar refractivity (Wildman–Crippen MR) is 121 cm³/mol. The lowest BCUT2D eigenvalue weighted by Gasteiger charge is -2.33. The molecule has 2 aliphatic rings. The molecular weight excluding hydrogens is 374 g/mol. The predicted octanol–water partition coefficient (Wildman–Crippen LogP) is 4.57. The van der Waals surface area contributed by atoms with Crippen LogP contribution >= 0.6 is 0 Å². The minimum Gasteiger partial charge on any atom is -0.497 e. The van der Waals surface area contributed by atoms with Gasteiger partial charge in [-0.3, -0.25) is 4.90 Å². The normalized spacial score (nSPS) is 20.1. The molecule has 160 valence electrons. The van der Waals surface area contributed by atoms with E-state index in [4.69, 9.17) is 4.74 Å². The molecule has 1 aliphatic carbocycles. The largest absolute Gasteiger partial charge is 0.497 e. The fourth-order valence-corrected chi connectivity index (χ4v) is 4.66. The molecule has 5 nitrogen and oxygen atoms in total. The van der Waals surface area contributed by atoms with E-state index in [-0.39, 0.29) is 12.1 Å². The van der Waals surface area contributed by atoms with Gasteiger partial charge in [-0.25, -0.2) is 4.79 Å². The fraction of sp³-hybridized carbons (Fsp3) is 0.480. The van der Waals surface area contributed by atoms with Crippen LogP contribution in [0, 0.1) is 0 Å². The number of rotatable bonds is 6. The van der Waals surface area contributed by atoms with Crippen LogP contribution in [-0.2, 0) is 6.54 Å². The summed E-state index contributed by atoms with van der Waals surface area (Å²) in [5, 5.41) is 6.34. The SMILES string of the molecule is COc1cccc(-c2ccc(CN3CCCC(NC(=O)NC4CCCC4)C3)cc2)c1. The maximum Gasteiger partial charge on any atom is 0.315 e. The van der Waals surface area contributed by atoms with E-state index in [2.05, 4.69) is 51.9 Å². The Bertz CT molecular complexity index is 831. The van der Waals surface area contributed by atoms with Crippen LogP contribution in [0.1, 0.15) is 44.1 Å². The third-order valence-electron chi connectivity index (χ3n) is 6.29. The van der Waals surface area contributed by atoms with Crippen molar-refractivity contribution in [1.82, 2.24) is 15.5 Å². The van der Waals surface area contributed by atoms with Gasteiger partial charge in [-0.2, -0.15) is 0 Å². The number of likely N-dealkylation sites (tertiary alicyclic amines) is 1. The first-order valence-corrected chi connectivity index (χ1v) is 11.2. The number of methoxy groups -OCH3 is 1. The Morgan fingerprint density at radius 2 is 1.70 bits per heavy atom. The summed E-state index contributed by atoms with van der Waals surface area (Å²) in [6, 6.07) is 17.5. The number of nitrogens with zero attached hydrogens (tertiary/aromatic N) is 1. The molecule has 1 aliphatic heterocycles. The van der Waals surface area contributed by atoms with Gasteiger partial charge in [-0.1, -0.05) is 49.2 Å². The van der Waals surface area contributed by atoms with E-state index in [0.29, 0.717) is 6.04 Å². The number of hydrogen-bond acceptors (Lipinski definition) is 3. The van der Waals surface area contributed by atoms with Crippen molar-refractivity contribution in [3.8, 4) is 16.9 Å². The number of benzene rings is 2. The molecule has 2 aromatic rings. The number of carbonyl (C=O) groups is 1. The quantitative estimate of drug-likeness (QED) is 0.738. The van der Waals surface area contributed by atoms with Gasteiger partial charge in [-0.15, -0.1) is 0 Å². The molecule has 0 aromatic heterocycles. The average Bonchev–Trinajstić information content (AvgIpc) is 3.27. The Morgan fingerprint density at radius 1 is 0.967 bits per heavy atom. The molecule has 1 atom stereocenters. The molecule has 5 heteroatoms. The van der Waals surface area contributed by atoms with Crippen molar-refractivity contribution in [1.29, 1.82) is 0 Å². The number of carbonyl (C=O) groups excluding carboxylic acids is 1. The summed E-state index contributed by atoms with van der Waals surface area (Å²) in [7, 11) is 1.70. The van der Waals surface area contributed by atoms with Crippen LogP contribution in [0.2, 0.25) is 0 Å². The van der Waals surface area contributed by atoms with E-state index < -0.39 is 0 Å². The molecule has 2 N–H and O–H groups in total. The summed E-state index contributed by atoms with van der Waals surface area (Å²) in [5.41, 5.74) is 3.66. The summed E-state index contributed by atoms with van der Waals surface area (Å²) in [5.74, 6) is 0.875. The van der Waals surface area contributed by atoms with E-state index in [1.807, 2.05) is 12.1 Å². The van der Waals surface area contributed by atoms with Gasteiger partial charge in [0.25, 0.3) is 0 Å². The summed E-state index contributed by atoms with van der Waals surface area (Å²) in [6.07, 6.45) is 6.89. The van der Waals surface area contributed by atoms with Crippen molar-refractivity contribution in [2.45, 2.75) is 57.2 Å². The third kappa shape index (κ3) is 5.54. The van der Waals surface area contributed by atoms with Gasteiger partial charge < -0.3 is 15.4 Å². The zero-order valence-electron chi connectivity index (χ0n) is 17.9. The van der Waals surface area contributed by atoms with Crippen LogP contribution in [0.3, 0.4) is 0 Å². The van der Waals surface area contributed by atoms with Crippen LogP contribution in [-0.4, -0.2) is 43.2 Å². The van der Waals surface area contributed by atoms with Gasteiger partial charge >= 0.3 is 6.03 Å². The first-order chi connectivity index (χ1) is 14.7. The van der Waals surface area contributed by atoms with E-state index in [9.17, 15) is 4.79 Å². The Kier molecular flexibility index (Phi) is 6.90. The van der Waals surface area contributed by atoms with Crippen molar-refractivity contribution in [2.75, 3.05) is 20.2 Å². The van der Waals surface area contributed by atoms with Gasteiger partial charge in [0.2, 0.25) is 0 Å². The van der Waals surface area contributed by atoms with Crippen LogP contribution < -0.4 is 15.4 Å². The maximum absolute atomic E-state index is 12.3. The molecule has 1 heterocycles. The van der Waals surface area contributed by atoms with Crippen molar-refractivity contribution in [3.05, 3.63) is 54.1 Å². The third-order valence-corrected chi connectivity index (χ3v) is 6.29. The second-order valence-electron chi connectivity index (χ2n) is 8.60. The summed E-state index contributed by atoms with van der Waals surface area (Å²) < 4.78 is 5.33. The van der Waals surface area contributed by atoms with E-state index in [1.54, 1.807) is 7.11 Å². The van der Waals surface area contributed by atoms with Gasteiger partial charge in [0.15, 0.2) is 0 Å². The topological polar surface area (TPSA) is 53.6 Å². The molecule has 2 aromatic carbocycles. The van der Waals surface area contributed by atoms with E-state index >= 15 is 0 Å². The summed E-state index contributed by atoms with van der Waals surface area (Å²) in [6.45, 7) is 2.91. The highest BCUT2D eigenvalue weighted by Crippen LogP contribution is 2.25. The van der Waals surface area contributed by atoms with Crippen LogP contribution in [0.15, 0.2) is 48.5 Å². The number of nitrogens with one attached hydrogen (secondary N) is 2. The first kappa shape index (κ1) is 20.7. The standard InChI is InChI=1S/C25H33N3O2/c1-30-24-10-4-6-21(16-24)20-13-11-19(12-14-20)17-28-15-5-9-23(18-28)27-25(29)26-22-7-2-3-8-22/h4,6,10-14,16,22-23H,2-3,5,7-9,15,17-18H2,1H3,(H2,26,27,29). The maximum atomic E-state index is 12.3. The van der Waals surface area contributed by atoms with Crippen LogP contribution in [0.25, 0.3) is 11.1 Å². The zero-order valence-corrected chi connectivity index (χ0v) is 17.9. The number of ether oxygens (including phenoxy) is 1. The molecule has 1 saturated carbocycles. The van der Waals surface area contributed by atoms with Crippen molar-refractivity contribution in [3.63, 3.8) is 0 Å². The van der Waals surface area contributed by atoms with Gasteiger partial charge in [0, 0.05) is 25.2 Å². The second-order valence-corrected chi connectivity index (χ2v) is 8.60. The lowest BCUT2D eigenvalue weighted by Crippen LogP contribution is -2.51. The number of piperidine rings is 1. The first-order valence-electron chi connectivity index (χ1n) is 11.2. The molecule has 1 unspecified atom stereocenters. The Hall–Kier alpha value is -2.53. The van der Waals surface area contributed by atoms with Crippen molar-refractivity contribution >= 4 is 6.03 Å². The molecule has 2 fully saturated rings. The number of hydrogen-bond donors (Lipinski definition) is 2. The second kappa shape index (κ2) is 9.98. The average molecular weight is 408 g/mol. The molecular formula is C25H33N3O2. The number of amides is 2. The highest BCUT2D eigenvalue weighted by molar-refractivity contribution is 5.74. The monoisotopic (exact) mass is 407 g/mol.